The first kappa shape index (κ1) is 23.6. The van der Waals surface area contributed by atoms with E-state index in [9.17, 15) is 19.2 Å². The van der Waals surface area contributed by atoms with Gasteiger partial charge in [0.2, 0.25) is 11.8 Å². The number of benzene rings is 1. The molecule has 0 aliphatic carbocycles. The molecule has 10 nitrogen and oxygen atoms in total. The highest BCUT2D eigenvalue weighted by Crippen LogP contribution is 2.24. The Morgan fingerprint density at radius 3 is 2.71 bits per heavy atom. The number of para-hydroxylation sites is 1. The van der Waals surface area contributed by atoms with Crippen molar-refractivity contribution in [1.82, 2.24) is 19.4 Å². The maximum Gasteiger partial charge on any atom is 0.410 e. The number of aryl methyl sites for hydroxylation is 1. The number of imide groups is 1. The summed E-state index contributed by atoms with van der Waals surface area (Å²) in [6.45, 7) is 6.48. The van der Waals surface area contributed by atoms with Gasteiger partial charge >= 0.3 is 11.8 Å². The van der Waals surface area contributed by atoms with Crippen LogP contribution in [0.25, 0.3) is 11.0 Å². The Hall–Kier alpha value is -3.58. The number of aromatic nitrogens is 2. The van der Waals surface area contributed by atoms with E-state index in [0.717, 1.165) is 0 Å². The highest BCUT2D eigenvalue weighted by molar-refractivity contribution is 6.00. The minimum absolute atomic E-state index is 0.173. The van der Waals surface area contributed by atoms with E-state index in [1.54, 1.807) is 30.1 Å². The number of ether oxygens (including phenoxy) is 2. The number of hydrogen-bond donors (Lipinski definition) is 1. The van der Waals surface area contributed by atoms with E-state index >= 15 is 0 Å². The molecular weight excluding hydrogens is 440 g/mol. The molecule has 180 valence electrons. The summed E-state index contributed by atoms with van der Waals surface area (Å²) in [5.74, 6) is 5.32. The van der Waals surface area contributed by atoms with Crippen LogP contribution in [0.3, 0.4) is 0 Å². The Labute approximate surface area is 196 Å². The van der Waals surface area contributed by atoms with Gasteiger partial charge in [-0.2, -0.15) is 0 Å². The lowest BCUT2D eigenvalue weighted by atomic mass is 10.1. The highest BCUT2D eigenvalue weighted by atomic mass is 16.6. The SMILES string of the molecule is Cn1c(=O)n(C2CCC(=O)NC2=O)c2cccc(C#CC3CN(C(=O)OC(C)(C)C)CCO3)c21. The minimum Gasteiger partial charge on any atom is -0.444 e. The number of rotatable bonds is 1. The Morgan fingerprint density at radius 1 is 1.24 bits per heavy atom. The maximum atomic E-state index is 13.0. The topological polar surface area (TPSA) is 112 Å². The van der Waals surface area contributed by atoms with Gasteiger partial charge in [0, 0.05) is 20.0 Å². The van der Waals surface area contributed by atoms with E-state index in [2.05, 4.69) is 17.2 Å². The van der Waals surface area contributed by atoms with Gasteiger partial charge < -0.3 is 14.4 Å². The Balaban J connectivity index is 1.62. The smallest absolute Gasteiger partial charge is 0.410 e. The standard InChI is InChI=1S/C24H28N4O6/c1-24(2,3)34-23(32)27-12-13-33-16(14-27)9-8-15-6-5-7-17-20(15)26(4)22(31)28(17)18-10-11-19(29)25-21(18)30/h5-7,16,18H,10-14H2,1-4H3,(H,25,29,30). The summed E-state index contributed by atoms with van der Waals surface area (Å²) in [6, 6.07) is 4.55. The minimum atomic E-state index is -0.763. The second-order valence-electron chi connectivity index (χ2n) is 9.41. The number of morpholine rings is 1. The fourth-order valence-electron chi connectivity index (χ4n) is 4.16. The second kappa shape index (κ2) is 8.99. The van der Waals surface area contributed by atoms with E-state index in [0.29, 0.717) is 29.7 Å². The van der Waals surface area contributed by atoms with Crippen molar-refractivity contribution in [2.75, 3.05) is 19.7 Å². The third-order valence-corrected chi connectivity index (χ3v) is 5.71. The summed E-state index contributed by atoms with van der Waals surface area (Å²) >= 11 is 0. The summed E-state index contributed by atoms with van der Waals surface area (Å²) < 4.78 is 14.0. The number of piperidine rings is 1. The van der Waals surface area contributed by atoms with Gasteiger partial charge in [-0.15, -0.1) is 0 Å². The fraction of sp³-hybridized carbons (Fsp3) is 0.500. The number of fused-ring (bicyclic) bond motifs is 1. The van der Waals surface area contributed by atoms with Crippen LogP contribution < -0.4 is 11.0 Å². The molecule has 1 aromatic heterocycles. The lowest BCUT2D eigenvalue weighted by molar-refractivity contribution is -0.135. The average Bonchev–Trinajstić information content (AvgIpc) is 3.02. The third kappa shape index (κ3) is 4.70. The van der Waals surface area contributed by atoms with Gasteiger partial charge in [-0.25, -0.2) is 9.59 Å². The Kier molecular flexibility index (Phi) is 6.23. The van der Waals surface area contributed by atoms with Gasteiger partial charge in [0.25, 0.3) is 0 Å². The molecule has 3 heterocycles. The van der Waals surface area contributed by atoms with Crippen LogP contribution >= 0.6 is 0 Å². The van der Waals surface area contributed by atoms with Gasteiger partial charge in [-0.3, -0.25) is 24.0 Å². The largest absolute Gasteiger partial charge is 0.444 e. The fourth-order valence-corrected chi connectivity index (χ4v) is 4.16. The molecule has 0 spiro atoms. The van der Waals surface area contributed by atoms with Crippen molar-refractivity contribution in [1.29, 1.82) is 0 Å². The van der Waals surface area contributed by atoms with Crippen LogP contribution in [0.4, 0.5) is 4.79 Å². The molecule has 2 atom stereocenters. The summed E-state index contributed by atoms with van der Waals surface area (Å²) in [4.78, 5) is 51.0. The second-order valence-corrected chi connectivity index (χ2v) is 9.41. The van der Waals surface area contributed by atoms with Crippen molar-refractivity contribution in [3.8, 4) is 11.8 Å². The van der Waals surface area contributed by atoms with Crippen LogP contribution in [-0.4, -0.2) is 63.3 Å². The molecule has 2 aromatic rings. The van der Waals surface area contributed by atoms with Crippen molar-refractivity contribution in [2.45, 2.75) is 51.4 Å². The predicted molar refractivity (Wildman–Crippen MR) is 123 cm³/mol. The van der Waals surface area contributed by atoms with Crippen molar-refractivity contribution >= 4 is 28.9 Å². The van der Waals surface area contributed by atoms with Crippen molar-refractivity contribution in [3.05, 3.63) is 34.2 Å². The van der Waals surface area contributed by atoms with Crippen LogP contribution in [0.1, 0.15) is 45.2 Å². The molecule has 3 amide bonds. The molecule has 1 N–H and O–H groups in total. The molecule has 2 fully saturated rings. The van der Waals surface area contributed by atoms with Crippen molar-refractivity contribution in [3.63, 3.8) is 0 Å². The van der Waals surface area contributed by atoms with Crippen LogP contribution in [-0.2, 0) is 26.1 Å². The van der Waals surface area contributed by atoms with Crippen LogP contribution in [0.15, 0.2) is 23.0 Å². The van der Waals surface area contributed by atoms with Crippen molar-refractivity contribution in [2.24, 2.45) is 7.05 Å². The first-order chi connectivity index (χ1) is 16.0. The van der Waals surface area contributed by atoms with Gasteiger partial charge in [-0.05, 0) is 39.3 Å². The van der Waals surface area contributed by atoms with E-state index < -0.39 is 29.7 Å². The summed E-state index contributed by atoms with van der Waals surface area (Å²) in [5.41, 5.74) is 0.801. The van der Waals surface area contributed by atoms with Crippen LogP contribution in [0.5, 0.6) is 0 Å². The Bertz CT molecular complexity index is 1270. The van der Waals surface area contributed by atoms with E-state index in [1.165, 1.54) is 9.13 Å². The molecule has 0 radical (unpaired) electrons. The van der Waals surface area contributed by atoms with Crippen molar-refractivity contribution < 1.29 is 23.9 Å². The van der Waals surface area contributed by atoms with E-state index in [4.69, 9.17) is 9.47 Å². The highest BCUT2D eigenvalue weighted by Gasteiger charge is 2.32. The number of imidazole rings is 1. The van der Waals surface area contributed by atoms with E-state index in [1.807, 2.05) is 20.8 Å². The summed E-state index contributed by atoms with van der Waals surface area (Å²) in [6.07, 6.45) is -0.485. The molecule has 34 heavy (non-hydrogen) atoms. The Morgan fingerprint density at radius 2 is 2.00 bits per heavy atom. The molecule has 10 heteroatoms. The molecule has 2 aliphatic heterocycles. The third-order valence-electron chi connectivity index (χ3n) is 5.71. The summed E-state index contributed by atoms with van der Waals surface area (Å²) in [7, 11) is 1.62. The number of carbonyl (C=O) groups excluding carboxylic acids is 3. The number of amides is 3. The average molecular weight is 469 g/mol. The molecule has 0 saturated carbocycles. The molecule has 2 aliphatic rings. The number of carbonyl (C=O) groups is 3. The molecule has 4 rings (SSSR count). The molecule has 1 aromatic carbocycles. The predicted octanol–water partition coefficient (Wildman–Crippen LogP) is 1.31. The maximum absolute atomic E-state index is 13.0. The zero-order chi connectivity index (χ0) is 24.6. The zero-order valence-corrected chi connectivity index (χ0v) is 19.7. The first-order valence-corrected chi connectivity index (χ1v) is 11.2. The van der Waals surface area contributed by atoms with Gasteiger partial charge in [0.15, 0.2) is 0 Å². The molecular formula is C24H28N4O6. The van der Waals surface area contributed by atoms with Gasteiger partial charge in [0.05, 0.1) is 29.7 Å². The van der Waals surface area contributed by atoms with Gasteiger partial charge in [-0.1, -0.05) is 17.9 Å². The lowest BCUT2D eigenvalue weighted by Gasteiger charge is -2.32. The number of nitrogens with zero attached hydrogens (tertiary/aromatic N) is 3. The van der Waals surface area contributed by atoms with Gasteiger partial charge in [0.1, 0.15) is 17.7 Å². The first-order valence-electron chi connectivity index (χ1n) is 11.2. The monoisotopic (exact) mass is 468 g/mol. The number of nitrogens with one attached hydrogen (secondary N) is 1. The normalized spacial score (nSPS) is 21.1. The van der Waals surface area contributed by atoms with E-state index in [-0.39, 0.29) is 31.0 Å². The number of hydrogen-bond acceptors (Lipinski definition) is 6. The molecule has 2 unspecified atom stereocenters. The van der Waals surface area contributed by atoms with Crippen LogP contribution in [0.2, 0.25) is 0 Å². The summed E-state index contributed by atoms with van der Waals surface area (Å²) in [5, 5.41) is 2.31. The zero-order valence-electron chi connectivity index (χ0n) is 19.7. The lowest BCUT2D eigenvalue weighted by Crippen LogP contribution is -2.47. The molecule has 2 saturated heterocycles. The molecule has 0 bridgehead atoms. The van der Waals surface area contributed by atoms with Crippen LogP contribution in [0, 0.1) is 11.8 Å². The quantitative estimate of drug-likeness (QED) is 0.499.